The smallest absolute Gasteiger partial charge is 0.344 e. The van der Waals surface area contributed by atoms with Crippen molar-refractivity contribution in [1.82, 2.24) is 5.12 Å². The van der Waals surface area contributed by atoms with Crippen molar-refractivity contribution >= 4 is 19.9 Å². The molecule has 4 nitrogen and oxygen atoms in total. The molecular formula is C19H16N4P-. The second kappa shape index (κ2) is 3.89. The first kappa shape index (κ1) is 13.1. The molecule has 5 heteroatoms. The summed E-state index contributed by atoms with van der Waals surface area (Å²) in [5, 5.41) is 6.31. The van der Waals surface area contributed by atoms with Gasteiger partial charge in [0.05, 0.1) is 5.56 Å². The third-order valence-corrected chi connectivity index (χ3v) is 6.82. The van der Waals surface area contributed by atoms with E-state index >= 15 is 0 Å². The molecule has 3 heterocycles. The Morgan fingerprint density at radius 2 is 1.96 bits per heavy atom. The number of hydrogen-bond acceptors (Lipinski definition) is 2. The first-order valence-electron chi connectivity index (χ1n) is 8.26. The van der Waals surface area contributed by atoms with E-state index in [1.165, 1.54) is 47.4 Å². The zero-order valence-corrected chi connectivity index (χ0v) is 14.7. The highest BCUT2D eigenvalue weighted by Gasteiger charge is 2.41. The van der Waals surface area contributed by atoms with Gasteiger partial charge in [0.15, 0.2) is 0 Å². The van der Waals surface area contributed by atoms with Crippen LogP contribution in [0.5, 0.6) is 0 Å². The highest BCUT2D eigenvalue weighted by atomic mass is 31.1. The minimum Gasteiger partial charge on any atom is -0.455 e. The number of benzene rings is 2. The van der Waals surface area contributed by atoms with Crippen LogP contribution in [-0.2, 0) is 5.41 Å². The molecule has 0 amide bonds. The van der Waals surface area contributed by atoms with E-state index in [2.05, 4.69) is 60.9 Å². The van der Waals surface area contributed by atoms with Crippen LogP contribution in [-0.4, -0.2) is 28.1 Å². The summed E-state index contributed by atoms with van der Waals surface area (Å²) in [6.07, 6.45) is 0. The lowest BCUT2D eigenvalue weighted by Gasteiger charge is -2.25. The van der Waals surface area contributed by atoms with Gasteiger partial charge >= 0.3 is 5.84 Å². The van der Waals surface area contributed by atoms with Crippen LogP contribution < -0.4 is 0 Å². The van der Waals surface area contributed by atoms with Gasteiger partial charge in [0, 0.05) is 17.6 Å². The second-order valence-electron chi connectivity index (χ2n) is 7.36. The molecule has 0 aromatic heterocycles. The normalized spacial score (nSPS) is 24.7. The molecule has 1 fully saturated rings. The molecule has 1 atom stereocenters. The third kappa shape index (κ3) is 1.40. The summed E-state index contributed by atoms with van der Waals surface area (Å²) in [5.74, 6) is 0.985. The maximum atomic E-state index is 4.64. The van der Waals surface area contributed by atoms with Crippen molar-refractivity contribution in [2.24, 2.45) is 5.10 Å². The lowest BCUT2D eigenvalue weighted by molar-refractivity contribution is -0.354. The van der Waals surface area contributed by atoms with Gasteiger partial charge in [0.2, 0.25) is 0 Å². The predicted octanol–water partition coefficient (Wildman–Crippen LogP) is 4.23. The average Bonchev–Trinajstić information content (AvgIpc) is 3.23. The highest BCUT2D eigenvalue weighted by molar-refractivity contribution is 7.72. The van der Waals surface area contributed by atoms with Crippen molar-refractivity contribution in [3.05, 3.63) is 64.2 Å². The van der Waals surface area contributed by atoms with Gasteiger partial charge in [-0.25, -0.2) is 5.12 Å². The van der Waals surface area contributed by atoms with Gasteiger partial charge in [0.1, 0.15) is 0 Å². The van der Waals surface area contributed by atoms with Crippen LogP contribution in [0, 0.1) is 0 Å². The van der Waals surface area contributed by atoms with Crippen LogP contribution in [0.2, 0.25) is 0 Å². The monoisotopic (exact) mass is 331 g/mol. The molecule has 2 aromatic rings. The van der Waals surface area contributed by atoms with Crippen LogP contribution in [0.15, 0.2) is 41.5 Å². The van der Waals surface area contributed by atoms with Crippen molar-refractivity contribution in [3.63, 3.8) is 0 Å². The van der Waals surface area contributed by atoms with Crippen molar-refractivity contribution < 1.29 is 4.68 Å². The summed E-state index contributed by atoms with van der Waals surface area (Å²) in [5.41, 5.74) is 14.7. The Morgan fingerprint density at radius 1 is 1.12 bits per heavy atom. The SMILES string of the molecule is CN1N=C2c3cc4c(cc3C3[P-]C3=[N+]2[N-]1)-c1ccccc1C4(C)C. The molecule has 1 unspecified atom stereocenters. The van der Waals surface area contributed by atoms with E-state index in [0.717, 1.165) is 5.84 Å². The number of rotatable bonds is 0. The second-order valence-corrected chi connectivity index (χ2v) is 8.59. The fourth-order valence-corrected chi connectivity index (χ4v) is 5.39. The maximum Gasteiger partial charge on any atom is 0.344 e. The number of amidine groups is 1. The molecule has 118 valence electrons. The fourth-order valence-electron chi connectivity index (χ4n) is 4.35. The summed E-state index contributed by atoms with van der Waals surface area (Å²) < 4.78 is 2.04. The molecular weight excluding hydrogens is 315 g/mol. The molecule has 1 aliphatic carbocycles. The Morgan fingerprint density at radius 3 is 2.83 bits per heavy atom. The molecule has 0 saturated carbocycles. The van der Waals surface area contributed by atoms with Crippen LogP contribution in [0.25, 0.3) is 16.7 Å². The number of nitrogens with zero attached hydrogens (tertiary/aromatic N) is 4. The Balaban J connectivity index is 1.66. The zero-order chi connectivity index (χ0) is 16.2. The van der Waals surface area contributed by atoms with Gasteiger partial charge < -0.3 is 18.8 Å². The number of fused-ring (bicyclic) bond motifs is 8. The molecule has 0 bridgehead atoms. The molecule has 24 heavy (non-hydrogen) atoms. The van der Waals surface area contributed by atoms with E-state index in [0.29, 0.717) is 5.66 Å². The Labute approximate surface area is 142 Å². The molecule has 2 aromatic carbocycles. The molecule has 6 rings (SSSR count). The van der Waals surface area contributed by atoms with E-state index in [1.807, 2.05) is 11.7 Å². The first-order chi connectivity index (χ1) is 11.6. The van der Waals surface area contributed by atoms with Crippen LogP contribution >= 0.6 is 8.58 Å². The van der Waals surface area contributed by atoms with E-state index in [9.17, 15) is 0 Å². The molecule has 0 N–H and O–H groups in total. The van der Waals surface area contributed by atoms with Gasteiger partial charge in [-0.05, 0) is 28.3 Å². The topological polar surface area (TPSA) is 32.7 Å². The minimum absolute atomic E-state index is 0.0270. The highest BCUT2D eigenvalue weighted by Crippen LogP contribution is 2.61. The van der Waals surface area contributed by atoms with E-state index in [4.69, 9.17) is 0 Å². The molecule has 1 saturated heterocycles. The lowest BCUT2D eigenvalue weighted by Crippen LogP contribution is -2.23. The quantitative estimate of drug-likeness (QED) is 0.525. The van der Waals surface area contributed by atoms with Gasteiger partial charge in [-0.1, -0.05) is 49.7 Å². The lowest BCUT2D eigenvalue weighted by atomic mass is 9.81. The Hall–Kier alpha value is -2.19. The molecule has 0 radical (unpaired) electrons. The summed E-state index contributed by atoms with van der Waals surface area (Å²) in [7, 11) is 3.26. The van der Waals surface area contributed by atoms with E-state index < -0.39 is 0 Å². The summed E-state index contributed by atoms with van der Waals surface area (Å²) >= 11 is 0. The van der Waals surface area contributed by atoms with Crippen LogP contribution in [0.4, 0.5) is 0 Å². The van der Waals surface area contributed by atoms with E-state index in [-0.39, 0.29) is 5.41 Å². The number of hydrazone groups is 1. The zero-order valence-electron chi connectivity index (χ0n) is 13.8. The fraction of sp³-hybridized carbons (Fsp3) is 0.263. The van der Waals surface area contributed by atoms with Gasteiger partial charge in [-0.2, -0.15) is 0 Å². The van der Waals surface area contributed by atoms with E-state index in [1.54, 1.807) is 5.12 Å². The summed E-state index contributed by atoms with van der Waals surface area (Å²) in [6.45, 7) is 4.65. The van der Waals surface area contributed by atoms with Crippen molar-refractivity contribution in [2.45, 2.75) is 24.9 Å². The third-order valence-electron chi connectivity index (χ3n) is 5.60. The summed E-state index contributed by atoms with van der Waals surface area (Å²) in [6, 6.07) is 13.6. The van der Waals surface area contributed by atoms with Gasteiger partial charge in [0.25, 0.3) is 0 Å². The van der Waals surface area contributed by atoms with Crippen LogP contribution in [0.3, 0.4) is 0 Å². The van der Waals surface area contributed by atoms with Crippen molar-refractivity contribution in [2.75, 3.05) is 7.05 Å². The maximum absolute atomic E-state index is 4.64. The number of hydrogen-bond donors (Lipinski definition) is 0. The summed E-state index contributed by atoms with van der Waals surface area (Å²) in [4.78, 5) is 0. The van der Waals surface area contributed by atoms with Crippen molar-refractivity contribution in [1.29, 1.82) is 0 Å². The molecule has 3 aliphatic heterocycles. The van der Waals surface area contributed by atoms with Gasteiger partial charge in [-0.15, -0.1) is 11.1 Å². The Bertz CT molecular complexity index is 1020. The largest absolute Gasteiger partial charge is 0.455 e. The van der Waals surface area contributed by atoms with Crippen molar-refractivity contribution in [3.8, 4) is 11.1 Å². The minimum atomic E-state index is 0.0270. The molecule has 0 spiro atoms. The van der Waals surface area contributed by atoms with Crippen LogP contribution in [0.1, 0.15) is 41.8 Å². The predicted molar refractivity (Wildman–Crippen MR) is 96.6 cm³/mol. The average molecular weight is 331 g/mol. The first-order valence-corrected chi connectivity index (χ1v) is 9.22. The standard InChI is InChI=1S/C19H16N4P/c1-19(2)14-7-5-4-6-10(14)11-8-12-13(9-15(11)19)17-20-22(3)21-23(17)18-16(12)24-18/h4-9,16H,1-3H3/q-1. The van der Waals surface area contributed by atoms with Gasteiger partial charge in [-0.3, -0.25) is 0 Å². The Kier molecular flexibility index (Phi) is 2.13. The molecule has 4 aliphatic rings.